The lowest BCUT2D eigenvalue weighted by Crippen LogP contribution is -2.32. The number of benzene rings is 1. The van der Waals surface area contributed by atoms with Gasteiger partial charge in [0.25, 0.3) is 0 Å². The number of amides is 1. The number of nitrogens with two attached hydrogens (primary N) is 2. The van der Waals surface area contributed by atoms with E-state index in [9.17, 15) is 4.79 Å². The summed E-state index contributed by atoms with van der Waals surface area (Å²) in [4.78, 5) is 18.7. The molecule has 0 bridgehead atoms. The van der Waals surface area contributed by atoms with Crippen molar-refractivity contribution in [3.63, 3.8) is 0 Å². The van der Waals surface area contributed by atoms with Gasteiger partial charge in [0.1, 0.15) is 38.1 Å². The zero-order valence-electron chi connectivity index (χ0n) is 23.2. The zero-order valence-corrected chi connectivity index (χ0v) is 23.2. The Morgan fingerprint density at radius 3 is 2.41 bits per heavy atom. The van der Waals surface area contributed by atoms with E-state index in [0.29, 0.717) is 38.1 Å². The van der Waals surface area contributed by atoms with Gasteiger partial charge in [0.2, 0.25) is 6.41 Å². The molecule has 1 aromatic rings. The van der Waals surface area contributed by atoms with Crippen molar-refractivity contribution in [1.82, 2.24) is 10.6 Å². The van der Waals surface area contributed by atoms with Gasteiger partial charge in [-0.2, -0.15) is 0 Å². The minimum Gasteiger partial charge on any atom is -0.489 e. The molecule has 0 fully saturated rings. The topological polar surface area (TPSA) is 147 Å². The van der Waals surface area contributed by atoms with Gasteiger partial charge >= 0.3 is 0 Å². The smallest absolute Gasteiger partial charge is 0.204 e. The Bertz CT molecular complexity index is 722. The van der Waals surface area contributed by atoms with Crippen LogP contribution < -0.4 is 26.8 Å². The van der Waals surface area contributed by atoms with E-state index in [0.717, 1.165) is 31.9 Å². The fourth-order valence-corrected chi connectivity index (χ4v) is 2.46. The lowest BCUT2D eigenvalue weighted by Gasteiger charge is -2.15. The molecule has 0 spiro atoms. The van der Waals surface area contributed by atoms with Crippen molar-refractivity contribution in [3.05, 3.63) is 29.8 Å². The first-order chi connectivity index (χ1) is 17.8. The van der Waals surface area contributed by atoms with Crippen LogP contribution in [0.5, 0.6) is 5.75 Å². The summed E-state index contributed by atoms with van der Waals surface area (Å²) in [5.41, 5.74) is 11.2. The van der Waals surface area contributed by atoms with E-state index in [2.05, 4.69) is 62.0 Å². The van der Waals surface area contributed by atoms with Crippen LogP contribution in [0.25, 0.3) is 0 Å². The van der Waals surface area contributed by atoms with E-state index in [-0.39, 0.29) is 19.6 Å². The molecule has 0 radical (unpaired) electrons. The van der Waals surface area contributed by atoms with Gasteiger partial charge in [-0.1, -0.05) is 51.7 Å². The van der Waals surface area contributed by atoms with Crippen LogP contribution in [0, 0.1) is 17.8 Å². The molecule has 1 aromatic carbocycles. The highest BCUT2D eigenvalue weighted by Crippen LogP contribution is 2.14. The van der Waals surface area contributed by atoms with Crippen molar-refractivity contribution in [2.75, 3.05) is 59.8 Å². The Balaban J connectivity index is 0. The van der Waals surface area contributed by atoms with E-state index < -0.39 is 6.23 Å². The molecule has 1 atom stereocenters. The van der Waals surface area contributed by atoms with Gasteiger partial charge in [0.15, 0.2) is 0 Å². The number of nitrogens with one attached hydrogen (secondary N) is 2. The minimum atomic E-state index is -0.527. The van der Waals surface area contributed by atoms with Crippen molar-refractivity contribution in [2.24, 2.45) is 17.4 Å². The number of hydrogen-bond acceptors (Lipinski definition) is 9. The summed E-state index contributed by atoms with van der Waals surface area (Å²) in [6.45, 7) is 12.5. The van der Waals surface area contributed by atoms with Crippen LogP contribution in [-0.4, -0.2) is 84.7 Å². The van der Waals surface area contributed by atoms with Gasteiger partial charge in [0.05, 0.1) is 19.8 Å². The van der Waals surface area contributed by atoms with Crippen molar-refractivity contribution in [3.8, 4) is 17.6 Å². The molecule has 1 unspecified atom stereocenters. The summed E-state index contributed by atoms with van der Waals surface area (Å²) < 4.78 is 21.1. The second-order valence-corrected chi connectivity index (χ2v) is 8.24. The number of carbonyl (C=O) groups is 2. The zero-order chi connectivity index (χ0) is 28.2. The van der Waals surface area contributed by atoms with Crippen LogP contribution in [0.2, 0.25) is 0 Å². The van der Waals surface area contributed by atoms with E-state index in [1.165, 1.54) is 5.56 Å². The van der Waals surface area contributed by atoms with Gasteiger partial charge in [0, 0.05) is 18.5 Å². The number of likely N-dealkylation sites (N-methyl/N-ethyl adjacent to an activating group) is 1. The summed E-state index contributed by atoms with van der Waals surface area (Å²) in [6, 6.07) is 8.46. The van der Waals surface area contributed by atoms with Crippen LogP contribution in [0.15, 0.2) is 24.3 Å². The summed E-state index contributed by atoms with van der Waals surface area (Å²) in [7, 11) is 1.91. The Hall–Kier alpha value is -2.52. The Labute approximate surface area is 223 Å². The van der Waals surface area contributed by atoms with Crippen molar-refractivity contribution in [1.29, 1.82) is 0 Å². The van der Waals surface area contributed by atoms with E-state index >= 15 is 0 Å². The molecule has 10 nitrogen and oxygen atoms in total. The summed E-state index contributed by atoms with van der Waals surface area (Å²) in [5, 5.41) is 6.38. The third-order valence-corrected chi connectivity index (χ3v) is 4.09. The third-order valence-electron chi connectivity index (χ3n) is 4.09. The third kappa shape index (κ3) is 29.6. The van der Waals surface area contributed by atoms with Crippen LogP contribution in [0.1, 0.15) is 33.3 Å². The Morgan fingerprint density at radius 1 is 1.05 bits per heavy atom. The summed E-state index contributed by atoms with van der Waals surface area (Å²) >= 11 is 0. The van der Waals surface area contributed by atoms with Crippen LogP contribution in [0.4, 0.5) is 0 Å². The summed E-state index contributed by atoms with van der Waals surface area (Å²) in [6.07, 6.45) is 1.37. The van der Waals surface area contributed by atoms with Gasteiger partial charge in [-0.3, -0.25) is 4.79 Å². The molecule has 1 rings (SSSR count). The number of ether oxygens (including phenoxy) is 4. The number of primary amides is 1. The summed E-state index contributed by atoms with van der Waals surface area (Å²) in [5.74, 6) is 7.20. The van der Waals surface area contributed by atoms with Gasteiger partial charge in [-0.05, 0) is 37.7 Å². The predicted octanol–water partition coefficient (Wildman–Crippen LogP) is 1.11. The second kappa shape index (κ2) is 28.1. The van der Waals surface area contributed by atoms with Crippen LogP contribution in [0.3, 0.4) is 0 Å². The van der Waals surface area contributed by atoms with Crippen molar-refractivity contribution >= 4 is 12.7 Å². The van der Waals surface area contributed by atoms with E-state index in [1.807, 2.05) is 25.2 Å². The average Bonchev–Trinajstić information content (AvgIpc) is 2.85. The number of carbonyl (C=O) groups excluding carboxylic acids is 2. The van der Waals surface area contributed by atoms with Gasteiger partial charge < -0.3 is 45.8 Å². The first-order valence-corrected chi connectivity index (χ1v) is 12.5. The lowest BCUT2D eigenvalue weighted by molar-refractivity contribution is -0.112. The number of rotatable bonds is 17. The monoisotopic (exact) mass is 524 g/mol. The Morgan fingerprint density at radius 2 is 1.78 bits per heavy atom. The first-order valence-electron chi connectivity index (χ1n) is 12.5. The molecule has 0 aliphatic rings. The maximum Gasteiger partial charge on any atom is 0.204 e. The molecule has 0 aliphatic heterocycles. The highest BCUT2D eigenvalue weighted by Gasteiger charge is 2.05. The molecule has 212 valence electrons. The standard InChI is InChI=1S/C17H28N2O4.C9H17NO.CH3NO/c1-14(2)19-7-6-15-4-3-5-16(12-15)23-13-17(18)22-11-10-21-9-8-20;1-9(2)5-4-7-11-8-6-10-3;2-1-3/h3-5,8,12,14,17,19H,6-7,9-11,13,18H2,1-2H3;9-10H,6-8H2,1-3H3;1H,(H2,2,3). The molecule has 1 amide bonds. The fourth-order valence-electron chi connectivity index (χ4n) is 2.46. The first kappa shape index (κ1) is 36.6. The average molecular weight is 525 g/mol. The Kier molecular flexibility index (Phi) is 27.8. The molecule has 37 heavy (non-hydrogen) atoms. The van der Waals surface area contributed by atoms with E-state index in [1.54, 1.807) is 0 Å². The van der Waals surface area contributed by atoms with Crippen LogP contribution in [-0.2, 0) is 30.2 Å². The molecule has 0 aliphatic carbocycles. The lowest BCUT2D eigenvalue weighted by atomic mass is 10.1. The molecular weight excluding hydrogens is 476 g/mol. The molecule has 0 heterocycles. The largest absolute Gasteiger partial charge is 0.489 e. The highest BCUT2D eigenvalue weighted by atomic mass is 16.6. The van der Waals surface area contributed by atoms with Crippen molar-refractivity contribution < 1.29 is 28.5 Å². The van der Waals surface area contributed by atoms with Crippen molar-refractivity contribution in [2.45, 2.75) is 46.4 Å². The molecule has 6 N–H and O–H groups in total. The van der Waals surface area contributed by atoms with Gasteiger partial charge in [-0.15, -0.1) is 0 Å². The molecule has 0 saturated carbocycles. The highest BCUT2D eigenvalue weighted by molar-refractivity contribution is 5.50. The molecule has 0 saturated heterocycles. The number of hydrogen-bond donors (Lipinski definition) is 4. The normalized spacial score (nSPS) is 10.8. The maximum absolute atomic E-state index is 10.1. The number of aldehydes is 1. The quantitative estimate of drug-likeness (QED) is 0.102. The predicted molar refractivity (Wildman–Crippen MR) is 147 cm³/mol. The van der Waals surface area contributed by atoms with Crippen LogP contribution >= 0.6 is 0 Å². The maximum atomic E-state index is 10.1. The van der Waals surface area contributed by atoms with E-state index in [4.69, 9.17) is 29.5 Å². The molecule has 10 heteroatoms. The van der Waals surface area contributed by atoms with Gasteiger partial charge in [-0.25, -0.2) is 0 Å². The minimum absolute atomic E-state index is 0.0769. The molecular formula is C27H48N4O6. The fraction of sp³-hybridized carbons (Fsp3) is 0.630. The molecule has 0 aromatic heterocycles. The SMILES string of the molecule is CC(C)NCCc1cccc(OCC(N)OCCOCC=O)c1.CNCCOCC#CC(C)C.NC=O. The second-order valence-electron chi connectivity index (χ2n) is 8.24.